The average molecular weight is 536 g/mol. The molecule has 200 valence electrons. The van der Waals surface area contributed by atoms with Crippen LogP contribution in [0.1, 0.15) is 44.4 Å². The van der Waals surface area contributed by atoms with Gasteiger partial charge in [-0.1, -0.05) is 66.2 Å². The second-order valence-electron chi connectivity index (χ2n) is 9.82. The van der Waals surface area contributed by atoms with E-state index in [2.05, 4.69) is 0 Å². The number of carbonyl (C=O) groups is 1. The summed E-state index contributed by atoms with van der Waals surface area (Å²) in [6.45, 7) is 2.58. The molecule has 0 N–H and O–H groups in total. The summed E-state index contributed by atoms with van der Waals surface area (Å²) in [5.74, 6) is -0.0197. The Morgan fingerprint density at radius 3 is 2.40 bits per heavy atom. The molecule has 5 aromatic rings. The monoisotopic (exact) mass is 535 g/mol. The quantitative estimate of drug-likeness (QED) is 0.236. The van der Waals surface area contributed by atoms with E-state index in [1.54, 1.807) is 17.0 Å². The van der Waals surface area contributed by atoms with Crippen LogP contribution in [-0.2, 0) is 13.2 Å². The molecule has 6 rings (SSSR count). The number of ether oxygens (including phenoxy) is 2. The topological polar surface area (TPSA) is 69.0 Å². The first-order valence-corrected chi connectivity index (χ1v) is 12.9. The fourth-order valence-corrected chi connectivity index (χ4v) is 5.10. The summed E-state index contributed by atoms with van der Waals surface area (Å²) in [4.78, 5) is 29.1. The highest BCUT2D eigenvalue weighted by Gasteiger charge is 2.43. The van der Waals surface area contributed by atoms with E-state index in [-0.39, 0.29) is 28.8 Å². The first-order chi connectivity index (χ1) is 19.4. The van der Waals surface area contributed by atoms with Crippen molar-refractivity contribution in [2.24, 2.45) is 0 Å². The van der Waals surface area contributed by atoms with Gasteiger partial charge >= 0.3 is 0 Å². The summed E-state index contributed by atoms with van der Waals surface area (Å²) in [6, 6.07) is 25.9. The molecule has 6 nitrogen and oxygen atoms in total. The SMILES string of the molecule is COc1cc(C2c3c(oc4ccc(F)cc4c3=O)C(=O)N2Cc2ccc(C)cc2)ccc1OCc1ccccc1. The number of nitrogens with zero attached hydrogens (tertiary/aromatic N) is 1. The van der Waals surface area contributed by atoms with Gasteiger partial charge in [-0.3, -0.25) is 9.59 Å². The Balaban J connectivity index is 1.45. The minimum atomic E-state index is -0.773. The van der Waals surface area contributed by atoms with Crippen LogP contribution in [0.2, 0.25) is 0 Å². The van der Waals surface area contributed by atoms with Gasteiger partial charge in [0.2, 0.25) is 5.76 Å². The van der Waals surface area contributed by atoms with Gasteiger partial charge in [-0.15, -0.1) is 0 Å². The lowest BCUT2D eigenvalue weighted by molar-refractivity contribution is 0.0714. The Morgan fingerprint density at radius 1 is 0.875 bits per heavy atom. The predicted octanol–water partition coefficient (Wildman–Crippen LogP) is 6.57. The number of halogens is 1. The van der Waals surface area contributed by atoms with Gasteiger partial charge in [0.25, 0.3) is 5.91 Å². The van der Waals surface area contributed by atoms with Gasteiger partial charge < -0.3 is 18.8 Å². The minimum Gasteiger partial charge on any atom is -0.493 e. The minimum absolute atomic E-state index is 0.0374. The average Bonchev–Trinajstić information content (AvgIpc) is 3.25. The number of benzene rings is 4. The lowest BCUT2D eigenvalue weighted by Crippen LogP contribution is -2.29. The highest BCUT2D eigenvalue weighted by molar-refractivity contribution is 5.99. The maximum atomic E-state index is 14.1. The number of fused-ring (bicyclic) bond motifs is 2. The largest absolute Gasteiger partial charge is 0.493 e. The zero-order chi connectivity index (χ0) is 27.8. The van der Waals surface area contributed by atoms with E-state index in [4.69, 9.17) is 13.9 Å². The molecule has 1 aliphatic rings. The second-order valence-corrected chi connectivity index (χ2v) is 9.82. The van der Waals surface area contributed by atoms with Gasteiger partial charge in [0.1, 0.15) is 18.0 Å². The molecule has 4 aromatic carbocycles. The molecular formula is C33H26FNO5. The first kappa shape index (κ1) is 25.4. The van der Waals surface area contributed by atoms with Gasteiger partial charge in [-0.2, -0.15) is 0 Å². The van der Waals surface area contributed by atoms with Crippen LogP contribution in [0.4, 0.5) is 4.39 Å². The van der Waals surface area contributed by atoms with Crippen molar-refractivity contribution in [1.29, 1.82) is 0 Å². The zero-order valence-electron chi connectivity index (χ0n) is 22.0. The molecule has 1 aromatic heterocycles. The number of aryl methyl sites for hydroxylation is 1. The van der Waals surface area contributed by atoms with E-state index in [0.717, 1.165) is 22.8 Å². The van der Waals surface area contributed by atoms with E-state index in [1.165, 1.54) is 19.2 Å². The highest BCUT2D eigenvalue weighted by Crippen LogP contribution is 2.42. The van der Waals surface area contributed by atoms with E-state index in [1.807, 2.05) is 67.6 Å². The highest BCUT2D eigenvalue weighted by atomic mass is 19.1. The predicted molar refractivity (Wildman–Crippen MR) is 149 cm³/mol. The molecule has 1 aliphatic heterocycles. The number of carbonyl (C=O) groups excluding carboxylic acids is 1. The third kappa shape index (κ3) is 4.60. The third-order valence-corrected chi connectivity index (χ3v) is 7.14. The summed E-state index contributed by atoms with van der Waals surface area (Å²) in [5, 5.41) is 0.0866. The molecule has 0 fully saturated rings. The maximum absolute atomic E-state index is 14.1. The summed E-state index contributed by atoms with van der Waals surface area (Å²) in [6.07, 6.45) is 0. The van der Waals surface area contributed by atoms with Crippen LogP contribution in [0.5, 0.6) is 11.5 Å². The van der Waals surface area contributed by atoms with Crippen molar-refractivity contribution in [3.05, 3.63) is 141 Å². The molecule has 0 saturated heterocycles. The summed E-state index contributed by atoms with van der Waals surface area (Å²) < 4.78 is 31.7. The Labute approximate surface area is 230 Å². The number of hydrogen-bond donors (Lipinski definition) is 0. The van der Waals surface area contributed by atoms with Gasteiger partial charge in [0.05, 0.1) is 24.1 Å². The Hall–Kier alpha value is -4.91. The van der Waals surface area contributed by atoms with E-state index < -0.39 is 23.2 Å². The molecule has 0 radical (unpaired) electrons. The normalized spacial score (nSPS) is 14.4. The molecule has 1 atom stereocenters. The van der Waals surface area contributed by atoms with Crippen LogP contribution in [0.25, 0.3) is 11.0 Å². The van der Waals surface area contributed by atoms with Crippen LogP contribution in [-0.4, -0.2) is 17.9 Å². The molecule has 0 bridgehead atoms. The van der Waals surface area contributed by atoms with Crippen molar-refractivity contribution in [2.45, 2.75) is 26.1 Å². The molecule has 2 heterocycles. The van der Waals surface area contributed by atoms with Gasteiger partial charge in [0.15, 0.2) is 16.9 Å². The van der Waals surface area contributed by atoms with Gasteiger partial charge in [-0.25, -0.2) is 4.39 Å². The molecule has 1 unspecified atom stereocenters. The zero-order valence-corrected chi connectivity index (χ0v) is 22.0. The summed E-state index contributed by atoms with van der Waals surface area (Å²) in [5.41, 5.74) is 3.54. The second kappa shape index (κ2) is 10.3. The van der Waals surface area contributed by atoms with E-state index >= 15 is 0 Å². The van der Waals surface area contributed by atoms with Crippen molar-refractivity contribution >= 4 is 16.9 Å². The van der Waals surface area contributed by atoms with E-state index in [9.17, 15) is 14.0 Å². The number of hydrogen-bond acceptors (Lipinski definition) is 5. The first-order valence-electron chi connectivity index (χ1n) is 12.9. The van der Waals surface area contributed by atoms with Crippen molar-refractivity contribution < 1.29 is 23.1 Å². The van der Waals surface area contributed by atoms with Crippen molar-refractivity contribution in [3.8, 4) is 11.5 Å². The van der Waals surface area contributed by atoms with Crippen LogP contribution < -0.4 is 14.9 Å². The third-order valence-electron chi connectivity index (χ3n) is 7.14. The smallest absolute Gasteiger partial charge is 0.291 e. The number of methoxy groups -OCH3 is 1. The van der Waals surface area contributed by atoms with E-state index in [0.29, 0.717) is 23.7 Å². The molecule has 0 spiro atoms. The fourth-order valence-electron chi connectivity index (χ4n) is 5.10. The van der Waals surface area contributed by atoms with Gasteiger partial charge in [0, 0.05) is 6.54 Å². The molecule has 1 amide bonds. The molecule has 0 aliphatic carbocycles. The molecule has 7 heteroatoms. The Kier molecular flexibility index (Phi) is 6.56. The standard InChI is InChI=1S/C33H26FNO5/c1-20-8-10-21(11-9-20)18-35-30(29-31(36)25-17-24(34)13-15-26(25)40-32(29)33(35)37)23-12-14-27(28(16-23)38-2)39-19-22-6-4-3-5-7-22/h3-17,30H,18-19H2,1-2H3. The fraction of sp³-hybridized carbons (Fsp3) is 0.152. The lowest BCUT2D eigenvalue weighted by Gasteiger charge is -2.26. The molecule has 0 saturated carbocycles. The molecule has 40 heavy (non-hydrogen) atoms. The summed E-state index contributed by atoms with van der Waals surface area (Å²) in [7, 11) is 1.54. The summed E-state index contributed by atoms with van der Waals surface area (Å²) >= 11 is 0. The van der Waals surface area contributed by atoms with Crippen LogP contribution >= 0.6 is 0 Å². The Morgan fingerprint density at radius 2 is 1.65 bits per heavy atom. The number of rotatable bonds is 7. The van der Waals surface area contributed by atoms with Crippen LogP contribution in [0.3, 0.4) is 0 Å². The van der Waals surface area contributed by atoms with Crippen molar-refractivity contribution in [3.63, 3.8) is 0 Å². The lowest BCUT2D eigenvalue weighted by atomic mass is 9.97. The van der Waals surface area contributed by atoms with Crippen molar-refractivity contribution in [2.75, 3.05) is 7.11 Å². The van der Waals surface area contributed by atoms with Crippen LogP contribution in [0.15, 0.2) is 100 Å². The Bertz CT molecular complexity index is 1780. The van der Waals surface area contributed by atoms with Crippen LogP contribution in [0, 0.1) is 12.7 Å². The van der Waals surface area contributed by atoms with Crippen molar-refractivity contribution in [1.82, 2.24) is 4.90 Å². The molecular weight excluding hydrogens is 509 g/mol. The number of amides is 1. The van der Waals surface area contributed by atoms with Gasteiger partial charge in [-0.05, 0) is 53.9 Å². The maximum Gasteiger partial charge on any atom is 0.291 e.